The van der Waals surface area contributed by atoms with Gasteiger partial charge in [0.1, 0.15) is 0 Å². The minimum Gasteiger partial charge on any atom is -0.399 e. The summed E-state index contributed by atoms with van der Waals surface area (Å²) in [5.41, 5.74) is 7.21. The maximum Gasteiger partial charge on any atom is 0.251 e. The Balaban J connectivity index is 0.00000132. The quantitative estimate of drug-likeness (QED) is 0.823. The van der Waals surface area contributed by atoms with E-state index in [4.69, 9.17) is 5.73 Å². The number of rotatable bonds is 2. The monoisotopic (exact) mass is 306 g/mol. The van der Waals surface area contributed by atoms with Gasteiger partial charge in [-0.25, -0.2) is 0 Å². The van der Waals surface area contributed by atoms with Crippen LogP contribution in [0.25, 0.3) is 0 Å². The van der Waals surface area contributed by atoms with Gasteiger partial charge in [-0.2, -0.15) is 0 Å². The Kier molecular flexibility index (Phi) is 3.64. The normalized spacial score (nSPS) is 36.1. The number of anilines is 1. The highest BCUT2D eigenvalue weighted by Gasteiger charge is 2.51. The molecular weight excluding hydrogens is 284 g/mol. The fourth-order valence-corrected chi connectivity index (χ4v) is 5.26. The third-order valence-corrected chi connectivity index (χ3v) is 5.57. The summed E-state index contributed by atoms with van der Waals surface area (Å²) in [6.07, 6.45) is 7.75. The number of nitrogen functional groups attached to an aromatic ring is 1. The van der Waals surface area contributed by atoms with Crippen molar-refractivity contribution in [2.45, 2.75) is 44.1 Å². The van der Waals surface area contributed by atoms with Crippen LogP contribution in [0.1, 0.15) is 48.9 Å². The molecule has 0 radical (unpaired) electrons. The standard InChI is InChI=1S/C17H22N2O.ClH/c18-15-3-1-2-14(7-15)16(20)19-17-8-11-4-12(9-17)6-13(5-11)10-17;/h1-3,7,11-13H,4-6,8-10,18H2,(H,19,20);1H. The molecule has 0 aliphatic heterocycles. The Morgan fingerprint density at radius 1 is 1.10 bits per heavy atom. The molecule has 4 aliphatic rings. The van der Waals surface area contributed by atoms with Gasteiger partial charge in [0.25, 0.3) is 5.91 Å². The van der Waals surface area contributed by atoms with E-state index in [9.17, 15) is 4.79 Å². The maximum atomic E-state index is 12.5. The van der Waals surface area contributed by atoms with Crippen LogP contribution in [0.3, 0.4) is 0 Å². The molecule has 1 aromatic rings. The van der Waals surface area contributed by atoms with Crippen molar-refractivity contribution >= 4 is 24.0 Å². The minimum atomic E-state index is 0. The van der Waals surface area contributed by atoms with Crippen LogP contribution >= 0.6 is 12.4 Å². The number of amides is 1. The predicted octanol–water partition coefficient (Wildman–Crippen LogP) is 3.39. The predicted molar refractivity (Wildman–Crippen MR) is 86.5 cm³/mol. The molecule has 3 N–H and O–H groups in total. The van der Waals surface area contributed by atoms with Crippen molar-refractivity contribution in [1.29, 1.82) is 0 Å². The molecule has 1 aromatic carbocycles. The molecule has 0 unspecified atom stereocenters. The zero-order valence-corrected chi connectivity index (χ0v) is 13.0. The van der Waals surface area contributed by atoms with Crippen LogP contribution in [0.2, 0.25) is 0 Å². The summed E-state index contributed by atoms with van der Waals surface area (Å²) < 4.78 is 0. The molecule has 4 saturated carbocycles. The van der Waals surface area contributed by atoms with E-state index >= 15 is 0 Å². The fourth-order valence-electron chi connectivity index (χ4n) is 5.26. The zero-order chi connectivity index (χ0) is 13.7. The van der Waals surface area contributed by atoms with E-state index in [-0.39, 0.29) is 23.9 Å². The molecule has 0 saturated heterocycles. The maximum absolute atomic E-state index is 12.5. The largest absolute Gasteiger partial charge is 0.399 e. The van der Waals surface area contributed by atoms with Crippen LogP contribution < -0.4 is 11.1 Å². The Morgan fingerprint density at radius 3 is 2.19 bits per heavy atom. The highest BCUT2D eigenvalue weighted by atomic mass is 35.5. The molecular formula is C17H23ClN2O. The van der Waals surface area contributed by atoms with Crippen LogP contribution in [-0.2, 0) is 0 Å². The van der Waals surface area contributed by atoms with Gasteiger partial charge in [-0.15, -0.1) is 12.4 Å². The van der Waals surface area contributed by atoms with E-state index in [2.05, 4.69) is 5.32 Å². The molecule has 0 heterocycles. The first-order valence-corrected chi connectivity index (χ1v) is 7.80. The van der Waals surface area contributed by atoms with Crippen molar-refractivity contribution in [3.8, 4) is 0 Å². The minimum absolute atomic E-state index is 0. The van der Waals surface area contributed by atoms with Crippen molar-refractivity contribution < 1.29 is 4.79 Å². The SMILES string of the molecule is Cl.Nc1cccc(C(=O)NC23CC4CC(CC(C4)C2)C3)c1. The van der Waals surface area contributed by atoms with E-state index in [0.717, 1.165) is 17.8 Å². The van der Waals surface area contributed by atoms with Gasteiger partial charge in [0.05, 0.1) is 0 Å². The van der Waals surface area contributed by atoms with Crippen molar-refractivity contribution in [3.63, 3.8) is 0 Å². The summed E-state index contributed by atoms with van der Waals surface area (Å²) >= 11 is 0. The Hall–Kier alpha value is -1.22. The molecule has 5 rings (SSSR count). The van der Waals surface area contributed by atoms with E-state index in [1.807, 2.05) is 18.2 Å². The summed E-state index contributed by atoms with van der Waals surface area (Å²) in [6.45, 7) is 0. The van der Waals surface area contributed by atoms with E-state index in [0.29, 0.717) is 11.3 Å². The molecule has 3 nitrogen and oxygen atoms in total. The molecule has 4 fully saturated rings. The number of hydrogen-bond acceptors (Lipinski definition) is 2. The number of carbonyl (C=O) groups excluding carboxylic acids is 1. The van der Waals surface area contributed by atoms with Gasteiger partial charge >= 0.3 is 0 Å². The van der Waals surface area contributed by atoms with Crippen molar-refractivity contribution in [2.24, 2.45) is 17.8 Å². The molecule has 21 heavy (non-hydrogen) atoms. The fraction of sp³-hybridized carbons (Fsp3) is 0.588. The number of nitrogens with one attached hydrogen (secondary N) is 1. The molecule has 4 heteroatoms. The van der Waals surface area contributed by atoms with Crippen LogP contribution in [-0.4, -0.2) is 11.4 Å². The number of hydrogen-bond donors (Lipinski definition) is 2. The van der Waals surface area contributed by atoms with Crippen LogP contribution in [0.4, 0.5) is 5.69 Å². The molecule has 4 bridgehead atoms. The van der Waals surface area contributed by atoms with Crippen LogP contribution in [0.5, 0.6) is 0 Å². The summed E-state index contributed by atoms with van der Waals surface area (Å²) in [5, 5.41) is 3.37. The highest BCUT2D eigenvalue weighted by molar-refractivity contribution is 5.95. The van der Waals surface area contributed by atoms with E-state index in [1.165, 1.54) is 38.5 Å². The Morgan fingerprint density at radius 2 is 1.67 bits per heavy atom. The average molecular weight is 307 g/mol. The lowest BCUT2D eigenvalue weighted by Gasteiger charge is -2.56. The summed E-state index contributed by atoms with van der Waals surface area (Å²) in [5.74, 6) is 2.60. The second-order valence-corrected chi connectivity index (χ2v) is 7.28. The molecule has 0 aromatic heterocycles. The second kappa shape index (κ2) is 5.20. The third kappa shape index (κ3) is 2.64. The van der Waals surface area contributed by atoms with E-state index in [1.54, 1.807) is 6.07 Å². The van der Waals surface area contributed by atoms with Gasteiger partial charge < -0.3 is 11.1 Å². The van der Waals surface area contributed by atoms with Crippen molar-refractivity contribution in [3.05, 3.63) is 29.8 Å². The van der Waals surface area contributed by atoms with Gasteiger partial charge in [0, 0.05) is 16.8 Å². The van der Waals surface area contributed by atoms with E-state index < -0.39 is 0 Å². The van der Waals surface area contributed by atoms with Crippen LogP contribution in [0.15, 0.2) is 24.3 Å². The van der Waals surface area contributed by atoms with Crippen molar-refractivity contribution in [2.75, 3.05) is 5.73 Å². The summed E-state index contributed by atoms with van der Waals surface area (Å²) in [6, 6.07) is 7.30. The highest BCUT2D eigenvalue weighted by Crippen LogP contribution is 2.55. The summed E-state index contributed by atoms with van der Waals surface area (Å²) in [7, 11) is 0. The van der Waals surface area contributed by atoms with Gasteiger partial charge in [0.2, 0.25) is 0 Å². The molecule has 4 aliphatic carbocycles. The number of nitrogens with two attached hydrogens (primary N) is 1. The lowest BCUT2D eigenvalue weighted by atomic mass is 9.53. The number of halogens is 1. The first-order valence-electron chi connectivity index (χ1n) is 7.80. The Labute approximate surface area is 132 Å². The lowest BCUT2D eigenvalue weighted by molar-refractivity contribution is -0.0167. The zero-order valence-electron chi connectivity index (χ0n) is 12.2. The van der Waals surface area contributed by atoms with Crippen molar-refractivity contribution in [1.82, 2.24) is 5.32 Å². The van der Waals surface area contributed by atoms with Crippen LogP contribution in [0, 0.1) is 17.8 Å². The first kappa shape index (κ1) is 14.7. The smallest absolute Gasteiger partial charge is 0.251 e. The number of benzene rings is 1. The van der Waals surface area contributed by atoms with Gasteiger partial charge in [-0.1, -0.05) is 6.07 Å². The van der Waals surface area contributed by atoms with Gasteiger partial charge in [-0.05, 0) is 74.5 Å². The average Bonchev–Trinajstić information content (AvgIpc) is 2.36. The van der Waals surface area contributed by atoms with Gasteiger partial charge in [0.15, 0.2) is 0 Å². The third-order valence-electron chi connectivity index (χ3n) is 5.57. The second-order valence-electron chi connectivity index (χ2n) is 7.28. The Bertz CT molecular complexity index is 522. The topological polar surface area (TPSA) is 55.1 Å². The lowest BCUT2D eigenvalue weighted by Crippen LogP contribution is -2.59. The first-order chi connectivity index (χ1) is 9.62. The molecule has 0 atom stereocenters. The number of carbonyl (C=O) groups is 1. The summed E-state index contributed by atoms with van der Waals surface area (Å²) in [4.78, 5) is 12.5. The molecule has 1 amide bonds. The molecule has 0 spiro atoms. The molecule has 114 valence electrons. The van der Waals surface area contributed by atoms with Gasteiger partial charge in [-0.3, -0.25) is 4.79 Å².